The lowest BCUT2D eigenvalue weighted by molar-refractivity contribution is 0.0927. The van der Waals surface area contributed by atoms with E-state index in [1.807, 2.05) is 19.1 Å². The zero-order chi connectivity index (χ0) is 18.7. The molecule has 0 radical (unpaired) electrons. The zero-order valence-electron chi connectivity index (χ0n) is 15.5. The van der Waals surface area contributed by atoms with Gasteiger partial charge in [0.25, 0.3) is 5.91 Å². The lowest BCUT2D eigenvalue weighted by Gasteiger charge is -2.34. The molecule has 1 aliphatic rings. The van der Waals surface area contributed by atoms with Crippen molar-refractivity contribution in [3.63, 3.8) is 0 Å². The molecule has 138 valence electrons. The Hall–Kier alpha value is -1.92. The molecule has 1 aromatic heterocycles. The maximum Gasteiger partial charge on any atom is 0.261 e. The molecule has 1 saturated heterocycles. The molecule has 6 heteroatoms. The molecule has 2 aromatic rings. The minimum absolute atomic E-state index is 0.0394. The van der Waals surface area contributed by atoms with Crippen LogP contribution in [0.1, 0.15) is 38.5 Å². The number of hydrogen-bond acceptors (Lipinski definition) is 3. The highest BCUT2D eigenvalue weighted by Gasteiger charge is 2.23. The smallest absolute Gasteiger partial charge is 0.261 e. The average molecular weight is 388 g/mol. The van der Waals surface area contributed by atoms with Crippen molar-refractivity contribution in [1.82, 2.24) is 10.2 Å². The number of thiophene rings is 1. The van der Waals surface area contributed by atoms with Crippen molar-refractivity contribution in [2.24, 2.45) is 0 Å². The van der Waals surface area contributed by atoms with Crippen LogP contribution in [0.2, 0.25) is 0 Å². The molecule has 1 fully saturated rings. The third-order valence-electron chi connectivity index (χ3n) is 4.71. The lowest BCUT2D eigenvalue weighted by Crippen LogP contribution is -2.47. The van der Waals surface area contributed by atoms with Gasteiger partial charge in [-0.25, -0.2) is 0 Å². The topological polar surface area (TPSA) is 44.4 Å². The number of carbonyl (C=O) groups is 1. The minimum atomic E-state index is 0.0394. The zero-order valence-corrected chi connectivity index (χ0v) is 17.1. The highest BCUT2D eigenvalue weighted by atomic mass is 32.1. The number of benzene rings is 1. The third-order valence-corrected chi connectivity index (χ3v) is 6.06. The van der Waals surface area contributed by atoms with Gasteiger partial charge in [-0.05, 0) is 69.6 Å². The molecule has 1 aliphatic heterocycles. The maximum atomic E-state index is 12.3. The van der Waals surface area contributed by atoms with E-state index in [1.165, 1.54) is 11.1 Å². The SMILES string of the molecule is Cc1ccc(NC(=S)N2CCC(NC(=O)c3ccc(C)s3)CC2)c(C)c1. The molecular weight excluding hydrogens is 362 g/mol. The van der Waals surface area contributed by atoms with Crippen LogP contribution in [-0.2, 0) is 0 Å². The summed E-state index contributed by atoms with van der Waals surface area (Å²) in [6.07, 6.45) is 1.82. The highest BCUT2D eigenvalue weighted by Crippen LogP contribution is 2.19. The van der Waals surface area contributed by atoms with Gasteiger partial charge in [-0.3, -0.25) is 4.79 Å². The van der Waals surface area contributed by atoms with Crippen molar-refractivity contribution >= 4 is 40.3 Å². The van der Waals surface area contributed by atoms with Crippen LogP contribution in [-0.4, -0.2) is 35.1 Å². The van der Waals surface area contributed by atoms with Gasteiger partial charge in [-0.1, -0.05) is 17.7 Å². The summed E-state index contributed by atoms with van der Waals surface area (Å²) in [4.78, 5) is 16.4. The largest absolute Gasteiger partial charge is 0.349 e. The first-order valence-corrected chi connectivity index (χ1v) is 10.2. The van der Waals surface area contributed by atoms with Gasteiger partial charge < -0.3 is 15.5 Å². The number of thiocarbonyl (C=S) groups is 1. The van der Waals surface area contributed by atoms with Crippen LogP contribution in [0.4, 0.5) is 5.69 Å². The van der Waals surface area contributed by atoms with Crippen molar-refractivity contribution in [1.29, 1.82) is 0 Å². The lowest BCUT2D eigenvalue weighted by atomic mass is 10.1. The number of nitrogens with zero attached hydrogens (tertiary/aromatic N) is 1. The summed E-state index contributed by atoms with van der Waals surface area (Å²) >= 11 is 7.12. The van der Waals surface area contributed by atoms with Gasteiger partial charge in [0, 0.05) is 29.7 Å². The molecule has 3 rings (SSSR count). The van der Waals surface area contributed by atoms with E-state index in [9.17, 15) is 4.79 Å². The molecule has 0 atom stereocenters. The number of aryl methyl sites for hydroxylation is 3. The number of carbonyl (C=O) groups excluding carboxylic acids is 1. The number of anilines is 1. The first-order valence-electron chi connectivity index (χ1n) is 8.93. The molecule has 2 heterocycles. The standard InChI is InChI=1S/C20H25N3OS2/c1-13-4-6-17(14(2)12-13)22-20(25)23-10-8-16(9-11-23)21-19(24)18-7-5-15(3)26-18/h4-7,12,16H,8-11H2,1-3H3,(H,21,24)(H,22,25). The first-order chi connectivity index (χ1) is 12.4. The molecule has 0 aliphatic carbocycles. The fourth-order valence-electron chi connectivity index (χ4n) is 3.19. The van der Waals surface area contributed by atoms with E-state index in [0.29, 0.717) is 0 Å². The highest BCUT2D eigenvalue weighted by molar-refractivity contribution is 7.80. The Morgan fingerprint density at radius 1 is 1.15 bits per heavy atom. The molecule has 0 saturated carbocycles. The van der Waals surface area contributed by atoms with Crippen LogP contribution < -0.4 is 10.6 Å². The molecule has 0 spiro atoms. The number of amides is 1. The van der Waals surface area contributed by atoms with Gasteiger partial charge in [0.05, 0.1) is 4.88 Å². The third kappa shape index (κ3) is 4.62. The normalized spacial score (nSPS) is 15.0. The molecular formula is C20H25N3OS2. The molecule has 26 heavy (non-hydrogen) atoms. The number of piperidine rings is 1. The van der Waals surface area contributed by atoms with Crippen LogP contribution in [0.5, 0.6) is 0 Å². The second-order valence-corrected chi connectivity index (χ2v) is 8.57. The molecule has 0 unspecified atom stereocenters. The molecule has 1 aromatic carbocycles. The van der Waals surface area contributed by atoms with E-state index >= 15 is 0 Å². The number of rotatable bonds is 3. The van der Waals surface area contributed by atoms with Gasteiger partial charge in [0.1, 0.15) is 0 Å². The van der Waals surface area contributed by atoms with Crippen LogP contribution in [0.25, 0.3) is 0 Å². The summed E-state index contributed by atoms with van der Waals surface area (Å²) in [5.41, 5.74) is 3.50. The van der Waals surface area contributed by atoms with Crippen LogP contribution in [0.3, 0.4) is 0 Å². The summed E-state index contributed by atoms with van der Waals surface area (Å²) in [7, 11) is 0. The van der Waals surface area contributed by atoms with Gasteiger partial charge in [0.2, 0.25) is 0 Å². The molecule has 2 N–H and O–H groups in total. The van der Waals surface area contributed by atoms with E-state index in [2.05, 4.69) is 47.6 Å². The van der Waals surface area contributed by atoms with Gasteiger partial charge >= 0.3 is 0 Å². The Morgan fingerprint density at radius 3 is 2.50 bits per heavy atom. The summed E-state index contributed by atoms with van der Waals surface area (Å²) < 4.78 is 0. The molecule has 0 bridgehead atoms. The molecule has 4 nitrogen and oxygen atoms in total. The van der Waals surface area contributed by atoms with E-state index in [0.717, 1.165) is 46.5 Å². The van der Waals surface area contributed by atoms with E-state index in [1.54, 1.807) is 11.3 Å². The summed E-state index contributed by atoms with van der Waals surface area (Å²) in [5, 5.41) is 7.28. The summed E-state index contributed by atoms with van der Waals surface area (Å²) in [5.74, 6) is 0.0394. The second kappa shape index (κ2) is 8.18. The maximum absolute atomic E-state index is 12.3. The molecule has 1 amide bonds. The van der Waals surface area contributed by atoms with E-state index < -0.39 is 0 Å². The number of hydrogen-bond donors (Lipinski definition) is 2. The van der Waals surface area contributed by atoms with Gasteiger partial charge in [-0.15, -0.1) is 11.3 Å². The minimum Gasteiger partial charge on any atom is -0.349 e. The second-order valence-electron chi connectivity index (χ2n) is 6.89. The van der Waals surface area contributed by atoms with Crippen molar-refractivity contribution in [3.8, 4) is 0 Å². The quantitative estimate of drug-likeness (QED) is 0.772. The summed E-state index contributed by atoms with van der Waals surface area (Å²) in [6.45, 7) is 7.90. The predicted molar refractivity (Wildman–Crippen MR) is 113 cm³/mol. The monoisotopic (exact) mass is 387 g/mol. The Balaban J connectivity index is 1.50. The van der Waals surface area contributed by atoms with Crippen molar-refractivity contribution in [2.45, 2.75) is 39.7 Å². The average Bonchev–Trinajstić information content (AvgIpc) is 3.04. The Labute approximate surface area is 164 Å². The summed E-state index contributed by atoms with van der Waals surface area (Å²) in [6, 6.07) is 10.4. The Morgan fingerprint density at radius 2 is 1.88 bits per heavy atom. The van der Waals surface area contributed by atoms with Gasteiger partial charge in [0.15, 0.2) is 5.11 Å². The van der Waals surface area contributed by atoms with Crippen LogP contribution in [0, 0.1) is 20.8 Å². The van der Waals surface area contributed by atoms with Crippen molar-refractivity contribution < 1.29 is 4.79 Å². The van der Waals surface area contributed by atoms with Gasteiger partial charge in [-0.2, -0.15) is 0 Å². The fraction of sp³-hybridized carbons (Fsp3) is 0.400. The number of nitrogens with one attached hydrogen (secondary N) is 2. The van der Waals surface area contributed by atoms with Crippen molar-refractivity contribution in [2.75, 3.05) is 18.4 Å². The van der Waals surface area contributed by atoms with E-state index in [4.69, 9.17) is 12.2 Å². The predicted octanol–water partition coefficient (Wildman–Crippen LogP) is 4.26. The van der Waals surface area contributed by atoms with E-state index in [-0.39, 0.29) is 11.9 Å². The van der Waals surface area contributed by atoms with Crippen molar-refractivity contribution in [3.05, 3.63) is 51.2 Å². The number of likely N-dealkylation sites (tertiary alicyclic amines) is 1. The van der Waals surface area contributed by atoms with Crippen LogP contribution >= 0.6 is 23.6 Å². The first kappa shape index (κ1) is 18.9. The Kier molecular flexibility index (Phi) is 5.94. The van der Waals surface area contributed by atoms with Crippen LogP contribution in [0.15, 0.2) is 30.3 Å². The fourth-order valence-corrected chi connectivity index (χ4v) is 4.25. The Bertz CT molecular complexity index is 807.